The number of halogens is 2. The van der Waals surface area contributed by atoms with Gasteiger partial charge >= 0.3 is 0 Å². The van der Waals surface area contributed by atoms with Crippen molar-refractivity contribution in [3.63, 3.8) is 0 Å². The van der Waals surface area contributed by atoms with Gasteiger partial charge in [0.15, 0.2) is 5.82 Å². The lowest BCUT2D eigenvalue weighted by Gasteiger charge is -2.47. The van der Waals surface area contributed by atoms with E-state index in [1.807, 2.05) is 4.90 Å². The molecule has 3 heterocycles. The molecule has 2 aliphatic carbocycles. The molecule has 1 saturated heterocycles. The van der Waals surface area contributed by atoms with Crippen LogP contribution in [0.5, 0.6) is 5.88 Å². The van der Waals surface area contributed by atoms with Crippen LogP contribution in [-0.4, -0.2) is 44.4 Å². The molecule has 1 spiro atoms. The Kier molecular flexibility index (Phi) is 4.05. The first kappa shape index (κ1) is 18.7. The Morgan fingerprint density at radius 2 is 2.00 bits per heavy atom. The van der Waals surface area contributed by atoms with Crippen LogP contribution in [-0.2, 0) is 0 Å². The molecule has 31 heavy (non-hydrogen) atoms. The van der Waals surface area contributed by atoms with Crippen molar-refractivity contribution in [3.8, 4) is 17.3 Å². The summed E-state index contributed by atoms with van der Waals surface area (Å²) in [6.07, 6.45) is 6.62. The maximum absolute atomic E-state index is 14.0. The van der Waals surface area contributed by atoms with Crippen molar-refractivity contribution < 1.29 is 13.9 Å². The highest BCUT2D eigenvalue weighted by Crippen LogP contribution is 2.71. The predicted octanol–water partition coefficient (Wildman–Crippen LogP) is 4.01. The minimum absolute atomic E-state index is 0.0166. The summed E-state index contributed by atoms with van der Waals surface area (Å²) in [7, 11) is 0. The summed E-state index contributed by atoms with van der Waals surface area (Å²) >= 11 is 5.92. The molecule has 0 N–H and O–H groups in total. The second kappa shape index (κ2) is 6.72. The molecule has 6 nitrogen and oxygen atoms in total. The number of aromatic nitrogens is 3. The molecule has 2 aromatic heterocycles. The highest BCUT2D eigenvalue weighted by molar-refractivity contribution is 6.30. The maximum atomic E-state index is 14.0. The Morgan fingerprint density at radius 3 is 2.77 bits per heavy atom. The van der Waals surface area contributed by atoms with Crippen molar-refractivity contribution in [1.82, 2.24) is 19.9 Å². The SMILES string of the molecule is O=C(c1ccc(F)cc1-c1ncccn1)N1CC2C[C@@]23CC(Oc2ccc(Cl)cn2)C13. The quantitative estimate of drug-likeness (QED) is 0.618. The average molecular weight is 437 g/mol. The lowest BCUT2D eigenvalue weighted by atomic mass is 9.73. The highest BCUT2D eigenvalue weighted by Gasteiger charge is 2.76. The number of ether oxygens (including phenoxy) is 1. The van der Waals surface area contributed by atoms with E-state index in [-0.39, 0.29) is 23.5 Å². The number of likely N-dealkylation sites (tertiary alicyclic amines) is 1. The van der Waals surface area contributed by atoms with E-state index in [1.54, 1.807) is 36.8 Å². The van der Waals surface area contributed by atoms with Crippen LogP contribution < -0.4 is 4.74 Å². The first-order valence-electron chi connectivity index (χ1n) is 10.2. The van der Waals surface area contributed by atoms with Crippen LogP contribution in [0.3, 0.4) is 0 Å². The molecule has 1 aliphatic heterocycles. The number of hydrogen-bond acceptors (Lipinski definition) is 5. The molecular weight excluding hydrogens is 419 g/mol. The van der Waals surface area contributed by atoms with Crippen molar-refractivity contribution in [3.05, 3.63) is 71.4 Å². The normalized spacial score (nSPS) is 27.8. The fourth-order valence-electron chi connectivity index (χ4n) is 5.32. The minimum atomic E-state index is -0.432. The number of carbonyl (C=O) groups is 1. The third-order valence-corrected chi connectivity index (χ3v) is 7.03. The monoisotopic (exact) mass is 436 g/mol. The molecule has 0 bridgehead atoms. The Morgan fingerprint density at radius 1 is 1.16 bits per heavy atom. The summed E-state index contributed by atoms with van der Waals surface area (Å²) in [4.78, 5) is 28.2. The fraction of sp³-hybridized carbons (Fsp3) is 0.304. The molecule has 0 radical (unpaired) electrons. The van der Waals surface area contributed by atoms with Gasteiger partial charge in [0.2, 0.25) is 5.88 Å². The Hall–Kier alpha value is -3.06. The van der Waals surface area contributed by atoms with Crippen LogP contribution in [0, 0.1) is 17.2 Å². The van der Waals surface area contributed by atoms with E-state index in [0.717, 1.165) is 12.8 Å². The van der Waals surface area contributed by atoms with E-state index in [2.05, 4.69) is 15.0 Å². The largest absolute Gasteiger partial charge is 0.472 e. The number of piperidine rings is 1. The molecule has 3 aliphatic rings. The van der Waals surface area contributed by atoms with Crippen molar-refractivity contribution in [2.45, 2.75) is 25.0 Å². The van der Waals surface area contributed by atoms with Gasteiger partial charge in [-0.15, -0.1) is 0 Å². The topological polar surface area (TPSA) is 68.2 Å². The maximum Gasteiger partial charge on any atom is 0.255 e. The van der Waals surface area contributed by atoms with Gasteiger partial charge in [0.1, 0.15) is 11.9 Å². The molecule has 8 heteroatoms. The molecule has 1 amide bonds. The van der Waals surface area contributed by atoms with E-state index in [1.165, 1.54) is 18.2 Å². The highest BCUT2D eigenvalue weighted by atomic mass is 35.5. The molecule has 6 rings (SSSR count). The third kappa shape index (κ3) is 2.91. The van der Waals surface area contributed by atoms with Gasteiger partial charge in [-0.25, -0.2) is 19.3 Å². The average Bonchev–Trinajstić information content (AvgIpc) is 3.43. The van der Waals surface area contributed by atoms with Gasteiger partial charge < -0.3 is 9.64 Å². The molecule has 2 saturated carbocycles. The second-order valence-electron chi connectivity index (χ2n) is 8.47. The molecule has 3 unspecified atom stereocenters. The Labute approximate surface area is 183 Å². The van der Waals surface area contributed by atoms with Gasteiger partial charge in [-0.2, -0.15) is 0 Å². The summed E-state index contributed by atoms with van der Waals surface area (Å²) in [6, 6.07) is 9.29. The van der Waals surface area contributed by atoms with E-state index >= 15 is 0 Å². The molecule has 156 valence electrons. The zero-order valence-corrected chi connectivity index (χ0v) is 17.2. The third-order valence-electron chi connectivity index (χ3n) is 6.81. The number of pyridine rings is 1. The van der Waals surface area contributed by atoms with E-state index in [4.69, 9.17) is 16.3 Å². The van der Waals surface area contributed by atoms with Gasteiger partial charge in [0.25, 0.3) is 5.91 Å². The summed E-state index contributed by atoms with van der Waals surface area (Å²) in [5, 5.41) is 0.546. The van der Waals surface area contributed by atoms with Crippen LogP contribution in [0.4, 0.5) is 4.39 Å². The lowest BCUT2D eigenvalue weighted by molar-refractivity contribution is -0.0345. The minimum Gasteiger partial charge on any atom is -0.472 e. The standard InChI is InChI=1S/C23H18ClFN4O2/c24-14-2-5-19(28-11-14)31-18-10-23-9-13(23)12-29(20(18)23)22(30)16-4-3-15(25)8-17(16)21-26-6-1-7-27-21/h1-8,11,13,18,20H,9-10,12H2/t13?,18?,20?,23-/m1/s1. The molecule has 3 aromatic rings. The van der Waals surface area contributed by atoms with Gasteiger partial charge in [0.05, 0.1) is 16.6 Å². The zero-order chi connectivity index (χ0) is 21.2. The summed E-state index contributed by atoms with van der Waals surface area (Å²) in [5.41, 5.74) is 0.951. The summed E-state index contributed by atoms with van der Waals surface area (Å²) in [5.74, 6) is 0.753. The fourth-order valence-corrected chi connectivity index (χ4v) is 5.43. The predicted molar refractivity (Wildman–Crippen MR) is 111 cm³/mol. The number of benzene rings is 1. The first-order chi connectivity index (χ1) is 15.0. The number of amides is 1. The smallest absolute Gasteiger partial charge is 0.255 e. The summed E-state index contributed by atoms with van der Waals surface area (Å²) < 4.78 is 20.1. The lowest BCUT2D eigenvalue weighted by Crippen LogP contribution is -2.59. The first-order valence-corrected chi connectivity index (χ1v) is 10.6. The van der Waals surface area contributed by atoms with Crippen molar-refractivity contribution in [1.29, 1.82) is 0 Å². The van der Waals surface area contributed by atoms with Gasteiger partial charge in [-0.1, -0.05) is 11.6 Å². The number of nitrogens with zero attached hydrogens (tertiary/aromatic N) is 4. The Balaban J connectivity index is 1.30. The van der Waals surface area contributed by atoms with Crippen molar-refractivity contribution >= 4 is 17.5 Å². The van der Waals surface area contributed by atoms with E-state index < -0.39 is 5.82 Å². The molecule has 1 aromatic carbocycles. The Bertz CT molecular complexity index is 1180. The van der Waals surface area contributed by atoms with Crippen LogP contribution in [0.15, 0.2) is 55.0 Å². The van der Waals surface area contributed by atoms with Gasteiger partial charge in [-0.05, 0) is 49.1 Å². The molecule has 3 fully saturated rings. The van der Waals surface area contributed by atoms with Crippen molar-refractivity contribution in [2.75, 3.05) is 6.54 Å². The molecule has 4 atom stereocenters. The van der Waals surface area contributed by atoms with Gasteiger partial charge in [-0.3, -0.25) is 4.79 Å². The van der Waals surface area contributed by atoms with E-state index in [0.29, 0.717) is 40.3 Å². The number of rotatable bonds is 4. The van der Waals surface area contributed by atoms with Crippen molar-refractivity contribution in [2.24, 2.45) is 11.3 Å². The number of hydrogen-bond donors (Lipinski definition) is 0. The zero-order valence-electron chi connectivity index (χ0n) is 16.4. The second-order valence-corrected chi connectivity index (χ2v) is 8.91. The number of carbonyl (C=O) groups excluding carboxylic acids is 1. The summed E-state index contributed by atoms with van der Waals surface area (Å²) in [6.45, 7) is 0.684. The van der Waals surface area contributed by atoms with Crippen LogP contribution in [0.25, 0.3) is 11.4 Å². The van der Waals surface area contributed by atoms with Gasteiger partial charge in [0, 0.05) is 42.2 Å². The van der Waals surface area contributed by atoms with Crippen LogP contribution in [0.1, 0.15) is 23.2 Å². The van der Waals surface area contributed by atoms with Crippen LogP contribution in [0.2, 0.25) is 5.02 Å². The molecular formula is C23H18ClFN4O2. The van der Waals surface area contributed by atoms with Crippen LogP contribution >= 0.6 is 11.6 Å². The van der Waals surface area contributed by atoms with E-state index in [9.17, 15) is 9.18 Å².